The van der Waals surface area contributed by atoms with E-state index in [9.17, 15) is 18.0 Å². The third-order valence-electron chi connectivity index (χ3n) is 6.31. The number of ether oxygens (including phenoxy) is 1. The Bertz CT molecular complexity index is 960. The number of rotatable bonds is 6. The molecule has 3 aliphatic rings. The zero-order chi connectivity index (χ0) is 21.5. The maximum Gasteiger partial charge on any atom is 0.253 e. The lowest BCUT2D eigenvalue weighted by atomic mass is 9.79. The van der Waals surface area contributed by atoms with Crippen molar-refractivity contribution in [1.29, 1.82) is 0 Å². The Labute approximate surface area is 176 Å². The van der Waals surface area contributed by atoms with Crippen LogP contribution in [0.3, 0.4) is 0 Å². The number of fused-ring (bicyclic) bond motifs is 1. The molecule has 3 N–H and O–H groups in total. The Kier molecular flexibility index (Phi) is 5.99. The van der Waals surface area contributed by atoms with Crippen LogP contribution in [0, 0.1) is 11.8 Å². The fourth-order valence-electron chi connectivity index (χ4n) is 4.62. The van der Waals surface area contributed by atoms with Crippen LogP contribution in [0.2, 0.25) is 0 Å². The van der Waals surface area contributed by atoms with Gasteiger partial charge in [-0.3, -0.25) is 20.4 Å². The summed E-state index contributed by atoms with van der Waals surface area (Å²) in [6, 6.07) is 2.85. The molecule has 0 spiro atoms. The molecule has 4 unspecified atom stereocenters. The van der Waals surface area contributed by atoms with E-state index in [-0.39, 0.29) is 30.1 Å². The molecular weight excluding hydrogens is 410 g/mol. The van der Waals surface area contributed by atoms with Gasteiger partial charge in [0.15, 0.2) is 0 Å². The first-order valence-electron chi connectivity index (χ1n) is 10.3. The zero-order valence-electron chi connectivity index (χ0n) is 17.2. The number of carbonyl (C=O) groups is 1. The van der Waals surface area contributed by atoms with Crippen LogP contribution in [0.15, 0.2) is 23.1 Å². The highest BCUT2D eigenvalue weighted by atomic mass is 32.2. The molecule has 0 aromatic carbocycles. The minimum Gasteiger partial charge on any atom is -0.377 e. The van der Waals surface area contributed by atoms with Crippen molar-refractivity contribution in [1.82, 2.24) is 19.7 Å². The van der Waals surface area contributed by atoms with Gasteiger partial charge in [0.05, 0.1) is 31.1 Å². The van der Waals surface area contributed by atoms with Gasteiger partial charge in [-0.25, -0.2) is 8.42 Å². The second-order valence-corrected chi connectivity index (χ2v) is 10.9. The van der Waals surface area contributed by atoms with Crippen molar-refractivity contribution in [2.45, 2.75) is 37.1 Å². The maximum absolute atomic E-state index is 13.2. The Balaban J connectivity index is 1.40. The average Bonchev–Trinajstić information content (AvgIpc) is 3.09. The van der Waals surface area contributed by atoms with Crippen LogP contribution in [0.5, 0.6) is 0 Å². The monoisotopic (exact) mass is 439 g/mol. The van der Waals surface area contributed by atoms with Gasteiger partial charge in [0.2, 0.25) is 15.9 Å². The molecule has 2 aliphatic heterocycles. The fraction of sp³-hybridized carbons (Fsp3) is 0.684. The van der Waals surface area contributed by atoms with Gasteiger partial charge < -0.3 is 14.6 Å². The summed E-state index contributed by atoms with van der Waals surface area (Å²) < 4.78 is 34.2. The predicted octanol–water partition coefficient (Wildman–Crippen LogP) is -0.489. The number of aromatic nitrogens is 1. The van der Waals surface area contributed by atoms with Crippen molar-refractivity contribution in [3.63, 3.8) is 0 Å². The molecule has 1 aliphatic carbocycles. The number of nitrogens with one attached hydrogen (secondary N) is 3. The minimum atomic E-state index is -3.67. The Morgan fingerprint density at radius 2 is 2.13 bits per heavy atom. The number of pyridine rings is 1. The van der Waals surface area contributed by atoms with Gasteiger partial charge in [-0.1, -0.05) is 6.92 Å². The fourth-order valence-corrected chi connectivity index (χ4v) is 6.61. The quantitative estimate of drug-likeness (QED) is 0.547. The Morgan fingerprint density at radius 3 is 2.80 bits per heavy atom. The van der Waals surface area contributed by atoms with Crippen molar-refractivity contribution in [2.24, 2.45) is 11.8 Å². The van der Waals surface area contributed by atoms with Crippen LogP contribution in [-0.4, -0.2) is 67.8 Å². The van der Waals surface area contributed by atoms with E-state index in [1.54, 1.807) is 16.8 Å². The molecule has 1 saturated carbocycles. The van der Waals surface area contributed by atoms with E-state index < -0.39 is 21.2 Å². The van der Waals surface area contributed by atoms with Crippen molar-refractivity contribution >= 4 is 21.6 Å². The van der Waals surface area contributed by atoms with Gasteiger partial charge in [0, 0.05) is 37.6 Å². The number of likely N-dealkylation sites (N-methyl/N-ethyl adjacent to an activating group) is 1. The van der Waals surface area contributed by atoms with Crippen molar-refractivity contribution in [2.75, 3.05) is 38.7 Å². The van der Waals surface area contributed by atoms with E-state index in [0.29, 0.717) is 31.2 Å². The standard InChI is InChI=1S/C19H29N5O5S/c1-12-5-13-8-20-22-19(13)16(6-12)30(27,28)23(2)9-17(25)21-14-3-4-24(18(26)7-14)15-10-29-11-15/h3-4,7,12-13,15-16,19-20,22H,5-6,8-11H2,1-2H3,(H,21,25). The Morgan fingerprint density at radius 1 is 1.37 bits per heavy atom. The molecule has 166 valence electrons. The summed E-state index contributed by atoms with van der Waals surface area (Å²) in [5.41, 5.74) is 6.30. The first-order chi connectivity index (χ1) is 14.3. The molecule has 3 fully saturated rings. The molecule has 0 bridgehead atoms. The summed E-state index contributed by atoms with van der Waals surface area (Å²) in [4.78, 5) is 24.7. The Hall–Kier alpha value is -1.79. The lowest BCUT2D eigenvalue weighted by molar-refractivity contribution is -0.116. The summed E-state index contributed by atoms with van der Waals surface area (Å²) in [5.74, 6) is 0.0916. The smallest absolute Gasteiger partial charge is 0.253 e. The van der Waals surface area contributed by atoms with Crippen LogP contribution < -0.4 is 21.7 Å². The van der Waals surface area contributed by atoms with Crippen molar-refractivity contribution in [3.05, 3.63) is 28.7 Å². The number of nitrogens with zero attached hydrogens (tertiary/aromatic N) is 2. The van der Waals surface area contributed by atoms with E-state index in [2.05, 4.69) is 23.1 Å². The maximum atomic E-state index is 13.2. The average molecular weight is 440 g/mol. The van der Waals surface area contributed by atoms with E-state index in [1.165, 1.54) is 13.1 Å². The highest BCUT2D eigenvalue weighted by Crippen LogP contribution is 2.35. The normalized spacial score (nSPS) is 29.4. The minimum absolute atomic E-state index is 0.0268. The van der Waals surface area contributed by atoms with Gasteiger partial charge in [-0.15, -0.1) is 0 Å². The molecule has 0 radical (unpaired) electrons. The number of amides is 1. The van der Waals surface area contributed by atoms with E-state index >= 15 is 0 Å². The van der Waals surface area contributed by atoms with Gasteiger partial charge in [-0.05, 0) is 30.7 Å². The molecule has 4 atom stereocenters. The highest BCUT2D eigenvalue weighted by molar-refractivity contribution is 7.89. The lowest BCUT2D eigenvalue weighted by Crippen LogP contribution is -2.53. The molecule has 1 amide bonds. The van der Waals surface area contributed by atoms with Gasteiger partial charge in [0.1, 0.15) is 0 Å². The number of anilines is 1. The molecule has 10 nitrogen and oxygen atoms in total. The largest absolute Gasteiger partial charge is 0.377 e. The lowest BCUT2D eigenvalue weighted by Gasteiger charge is -2.37. The van der Waals surface area contributed by atoms with Crippen LogP contribution >= 0.6 is 0 Å². The molecule has 1 aromatic rings. The SMILES string of the molecule is CC1CC2CNNC2C(S(=O)(=O)N(C)CC(=O)Nc2ccn(C3COC3)c(=O)c2)C1. The third-order valence-corrected chi connectivity index (χ3v) is 8.56. The highest BCUT2D eigenvalue weighted by Gasteiger charge is 2.46. The first-order valence-corrected chi connectivity index (χ1v) is 11.8. The molecule has 4 rings (SSSR count). The third kappa shape index (κ3) is 4.17. The van der Waals surface area contributed by atoms with E-state index in [4.69, 9.17) is 4.74 Å². The van der Waals surface area contributed by atoms with Crippen LogP contribution in [-0.2, 0) is 19.6 Å². The topological polar surface area (TPSA) is 122 Å². The second kappa shape index (κ2) is 8.39. The van der Waals surface area contributed by atoms with Gasteiger partial charge >= 0.3 is 0 Å². The molecule has 11 heteroatoms. The number of hydrogen-bond acceptors (Lipinski definition) is 7. The number of hydrazine groups is 1. The van der Waals surface area contributed by atoms with Gasteiger partial charge in [0.25, 0.3) is 5.56 Å². The second-order valence-electron chi connectivity index (χ2n) is 8.63. The molecular formula is C19H29N5O5S. The van der Waals surface area contributed by atoms with Crippen LogP contribution in [0.1, 0.15) is 25.8 Å². The van der Waals surface area contributed by atoms with Crippen LogP contribution in [0.25, 0.3) is 0 Å². The number of sulfonamides is 1. The van der Waals surface area contributed by atoms with E-state index in [1.807, 2.05) is 0 Å². The summed E-state index contributed by atoms with van der Waals surface area (Å²) in [6.07, 6.45) is 3.17. The first kappa shape index (κ1) is 21.4. The van der Waals surface area contributed by atoms with Crippen LogP contribution in [0.4, 0.5) is 5.69 Å². The summed E-state index contributed by atoms with van der Waals surface area (Å²) in [6.45, 7) is 3.52. The van der Waals surface area contributed by atoms with E-state index in [0.717, 1.165) is 17.3 Å². The number of carbonyl (C=O) groups excluding carboxylic acids is 1. The molecule has 1 aromatic heterocycles. The molecule has 3 heterocycles. The summed E-state index contributed by atoms with van der Waals surface area (Å²) >= 11 is 0. The van der Waals surface area contributed by atoms with Gasteiger partial charge in [-0.2, -0.15) is 4.31 Å². The number of hydrogen-bond donors (Lipinski definition) is 3. The molecule has 30 heavy (non-hydrogen) atoms. The molecule has 2 saturated heterocycles. The zero-order valence-corrected chi connectivity index (χ0v) is 18.0. The summed E-state index contributed by atoms with van der Waals surface area (Å²) in [7, 11) is -2.24. The summed E-state index contributed by atoms with van der Waals surface area (Å²) in [5, 5.41) is 2.05. The van der Waals surface area contributed by atoms with Crippen molar-refractivity contribution in [3.8, 4) is 0 Å². The predicted molar refractivity (Wildman–Crippen MR) is 111 cm³/mol. The van der Waals surface area contributed by atoms with Crippen molar-refractivity contribution < 1.29 is 17.9 Å².